The van der Waals surface area contributed by atoms with Crippen LogP contribution in [0.25, 0.3) is 100 Å². The summed E-state index contributed by atoms with van der Waals surface area (Å²) in [5.74, 6) is 0. The first kappa shape index (κ1) is 43.4. The molecule has 0 radical (unpaired) electrons. The Balaban J connectivity index is 1.12. The fraction of sp³-hybridized carbons (Fsp3) is 0.0145. The molecular formula is C69H46N4. The lowest BCUT2D eigenvalue weighted by Crippen LogP contribution is -2.29. The minimum absolute atomic E-state index is 0.771. The Labute approximate surface area is 425 Å². The standard InChI is InChI=1S/C69H46N4/c1-3-27-67-65(25-1)66-26-2-4-28-68(66)69(67,63-39-59(51-17-5-13-47(33-51)55-21-9-29-70-43-55)37-60(40-63)52-18-6-14-48(34-52)56-22-10-30-71-44-56)64-41-61(53-19-7-15-49(35-53)57-23-11-31-72-45-57)38-62(42-64)54-20-8-16-50(36-54)58-24-12-32-73-46-58/h1-46H. The number of hydrogen-bond acceptors (Lipinski definition) is 4. The van der Waals surface area contributed by atoms with E-state index in [9.17, 15) is 0 Å². The molecule has 342 valence electrons. The molecule has 13 rings (SSSR count). The van der Waals surface area contributed by atoms with Crippen molar-refractivity contribution < 1.29 is 0 Å². The number of fused-ring (bicyclic) bond motifs is 3. The number of rotatable bonds is 10. The summed E-state index contributed by atoms with van der Waals surface area (Å²) in [4.78, 5) is 18.0. The van der Waals surface area contributed by atoms with Crippen molar-refractivity contribution in [2.75, 3.05) is 0 Å². The van der Waals surface area contributed by atoms with Crippen LogP contribution in [0.15, 0.2) is 280 Å². The van der Waals surface area contributed by atoms with Crippen molar-refractivity contribution in [2.45, 2.75) is 5.41 Å². The van der Waals surface area contributed by atoms with Crippen molar-refractivity contribution >= 4 is 0 Å². The predicted octanol–water partition coefficient (Wildman–Crippen LogP) is 17.0. The van der Waals surface area contributed by atoms with Crippen molar-refractivity contribution in [2.24, 2.45) is 0 Å². The second-order valence-corrected chi connectivity index (χ2v) is 18.7. The van der Waals surface area contributed by atoms with Crippen molar-refractivity contribution in [1.29, 1.82) is 0 Å². The van der Waals surface area contributed by atoms with Gasteiger partial charge >= 0.3 is 0 Å². The molecule has 0 aliphatic heterocycles. The van der Waals surface area contributed by atoms with Gasteiger partial charge in [-0.25, -0.2) is 0 Å². The molecule has 0 saturated heterocycles. The number of nitrogens with zero attached hydrogens (tertiary/aromatic N) is 4. The summed E-state index contributed by atoms with van der Waals surface area (Å²) >= 11 is 0. The van der Waals surface area contributed by atoms with E-state index >= 15 is 0 Å². The van der Waals surface area contributed by atoms with E-state index in [0.29, 0.717) is 0 Å². The van der Waals surface area contributed by atoms with E-state index in [1.807, 2.05) is 73.8 Å². The quantitative estimate of drug-likeness (QED) is 0.137. The van der Waals surface area contributed by atoms with Gasteiger partial charge in [0, 0.05) is 71.8 Å². The van der Waals surface area contributed by atoms with Gasteiger partial charge in [0.25, 0.3) is 0 Å². The highest BCUT2D eigenvalue weighted by molar-refractivity contribution is 5.90. The third-order valence-electron chi connectivity index (χ3n) is 14.4. The molecule has 12 aromatic rings. The van der Waals surface area contributed by atoms with E-state index in [-0.39, 0.29) is 0 Å². The van der Waals surface area contributed by atoms with E-state index in [0.717, 1.165) is 89.0 Å². The van der Waals surface area contributed by atoms with Gasteiger partial charge in [-0.2, -0.15) is 0 Å². The van der Waals surface area contributed by atoms with Gasteiger partial charge in [0.15, 0.2) is 0 Å². The Morgan fingerprint density at radius 3 is 0.726 bits per heavy atom. The van der Waals surface area contributed by atoms with Gasteiger partial charge in [-0.1, -0.05) is 146 Å². The van der Waals surface area contributed by atoms with Gasteiger partial charge in [-0.05, 0) is 185 Å². The highest BCUT2D eigenvalue weighted by Gasteiger charge is 2.46. The Morgan fingerprint density at radius 2 is 0.452 bits per heavy atom. The van der Waals surface area contributed by atoms with Crippen molar-refractivity contribution in [1.82, 2.24) is 19.9 Å². The lowest BCUT2D eigenvalue weighted by molar-refractivity contribution is 0.770. The molecule has 1 aliphatic carbocycles. The summed E-state index contributed by atoms with van der Waals surface area (Å²) in [5.41, 5.74) is 24.2. The lowest BCUT2D eigenvalue weighted by Gasteiger charge is -2.35. The minimum Gasteiger partial charge on any atom is -0.264 e. The first-order valence-corrected chi connectivity index (χ1v) is 24.7. The zero-order valence-electron chi connectivity index (χ0n) is 39.8. The molecule has 0 atom stereocenters. The molecule has 8 aromatic carbocycles. The van der Waals surface area contributed by atoms with Crippen LogP contribution in [0.2, 0.25) is 0 Å². The minimum atomic E-state index is -0.771. The van der Waals surface area contributed by atoms with E-state index in [1.54, 1.807) is 0 Å². The van der Waals surface area contributed by atoms with Crippen LogP contribution in [0, 0.1) is 0 Å². The molecule has 4 aromatic heterocycles. The third-order valence-corrected chi connectivity index (χ3v) is 14.4. The lowest BCUT2D eigenvalue weighted by atomic mass is 9.66. The Hall–Kier alpha value is -9.64. The molecule has 4 nitrogen and oxygen atoms in total. The number of hydrogen-bond donors (Lipinski definition) is 0. The Morgan fingerprint density at radius 1 is 0.205 bits per heavy atom. The average Bonchev–Trinajstić information content (AvgIpc) is 3.79. The summed E-state index contributed by atoms with van der Waals surface area (Å²) in [6, 6.07) is 84.7. The Bertz CT molecular complexity index is 3500. The number of pyridine rings is 4. The van der Waals surface area contributed by atoms with Gasteiger partial charge in [0.05, 0.1) is 5.41 Å². The summed E-state index contributed by atoms with van der Waals surface area (Å²) in [5, 5.41) is 0. The predicted molar refractivity (Wildman–Crippen MR) is 298 cm³/mol. The highest BCUT2D eigenvalue weighted by atomic mass is 14.6. The molecule has 4 heteroatoms. The molecule has 0 unspecified atom stereocenters. The fourth-order valence-corrected chi connectivity index (χ4v) is 11.0. The largest absolute Gasteiger partial charge is 0.264 e. The first-order chi connectivity index (χ1) is 36.2. The van der Waals surface area contributed by atoms with Gasteiger partial charge in [-0.3, -0.25) is 19.9 Å². The molecule has 1 aliphatic rings. The van der Waals surface area contributed by atoms with Gasteiger partial charge in [-0.15, -0.1) is 0 Å². The van der Waals surface area contributed by atoms with Crippen LogP contribution in [0.1, 0.15) is 22.3 Å². The van der Waals surface area contributed by atoms with Gasteiger partial charge in [0.2, 0.25) is 0 Å². The van der Waals surface area contributed by atoms with Gasteiger partial charge in [0.1, 0.15) is 0 Å². The van der Waals surface area contributed by atoms with Crippen molar-refractivity contribution in [3.63, 3.8) is 0 Å². The van der Waals surface area contributed by atoms with E-state index < -0.39 is 5.41 Å². The van der Waals surface area contributed by atoms with Crippen molar-refractivity contribution in [3.8, 4) is 100 Å². The van der Waals surface area contributed by atoms with Crippen LogP contribution in [-0.4, -0.2) is 19.9 Å². The van der Waals surface area contributed by atoms with Crippen LogP contribution < -0.4 is 0 Å². The topological polar surface area (TPSA) is 51.6 Å². The van der Waals surface area contributed by atoms with E-state index in [2.05, 4.69) is 226 Å². The maximum absolute atomic E-state index is 4.49. The molecule has 0 amide bonds. The maximum atomic E-state index is 4.49. The SMILES string of the molecule is c1cncc(-c2cccc(-c3cc(-c4cccc(-c5cccnc5)c4)cc(C4(c5cc(-c6cccc(-c7cccnc7)c6)cc(-c6cccc(-c7cccnc7)c6)c5)c5ccccc5-c5ccccc54)c3)c2)c1. The van der Waals surface area contributed by atoms with Crippen LogP contribution in [0.4, 0.5) is 0 Å². The molecule has 0 saturated carbocycles. The third kappa shape index (κ3) is 8.02. The fourth-order valence-electron chi connectivity index (χ4n) is 11.0. The molecular weight excluding hydrogens is 885 g/mol. The normalized spacial score (nSPS) is 12.2. The van der Waals surface area contributed by atoms with Crippen LogP contribution in [-0.2, 0) is 5.41 Å². The number of benzene rings is 8. The van der Waals surface area contributed by atoms with Crippen LogP contribution >= 0.6 is 0 Å². The van der Waals surface area contributed by atoms with Crippen LogP contribution in [0.3, 0.4) is 0 Å². The number of aromatic nitrogens is 4. The van der Waals surface area contributed by atoms with Gasteiger partial charge < -0.3 is 0 Å². The first-order valence-electron chi connectivity index (χ1n) is 24.7. The average molecular weight is 931 g/mol. The molecule has 0 fully saturated rings. The molecule has 4 heterocycles. The van der Waals surface area contributed by atoms with Crippen molar-refractivity contribution in [3.05, 3.63) is 302 Å². The summed E-state index contributed by atoms with van der Waals surface area (Å²) in [6.45, 7) is 0. The smallest absolute Gasteiger partial charge is 0.0714 e. The summed E-state index contributed by atoms with van der Waals surface area (Å²) in [7, 11) is 0. The summed E-state index contributed by atoms with van der Waals surface area (Å²) < 4.78 is 0. The highest BCUT2D eigenvalue weighted by Crippen LogP contribution is 2.58. The monoisotopic (exact) mass is 930 g/mol. The van der Waals surface area contributed by atoms with E-state index in [1.165, 1.54) is 33.4 Å². The molecule has 0 N–H and O–H groups in total. The maximum Gasteiger partial charge on any atom is 0.0714 e. The second-order valence-electron chi connectivity index (χ2n) is 18.7. The van der Waals surface area contributed by atoms with E-state index in [4.69, 9.17) is 0 Å². The Kier molecular flexibility index (Phi) is 11.1. The summed E-state index contributed by atoms with van der Waals surface area (Å²) in [6.07, 6.45) is 15.1. The molecule has 0 spiro atoms. The molecule has 0 bridgehead atoms. The van der Waals surface area contributed by atoms with Crippen LogP contribution in [0.5, 0.6) is 0 Å². The molecule has 73 heavy (non-hydrogen) atoms. The zero-order chi connectivity index (χ0) is 48.6. The second kappa shape index (κ2) is 18.6. The zero-order valence-corrected chi connectivity index (χ0v) is 39.8.